The van der Waals surface area contributed by atoms with E-state index >= 15 is 0 Å². The van der Waals surface area contributed by atoms with Crippen LogP contribution in [0.4, 0.5) is 0 Å². The smallest absolute Gasteiger partial charge is 0.264 e. The molecule has 0 fully saturated rings. The number of benzene rings is 1. The number of rotatable bonds is 5. The summed E-state index contributed by atoms with van der Waals surface area (Å²) in [5.74, 6) is 0.872. The first-order valence-electron chi connectivity index (χ1n) is 5.66. The molecule has 0 bridgehead atoms. The van der Waals surface area contributed by atoms with E-state index in [1.165, 1.54) is 18.2 Å². The van der Waals surface area contributed by atoms with E-state index in [-0.39, 0.29) is 28.2 Å². The van der Waals surface area contributed by atoms with Crippen molar-refractivity contribution in [1.82, 2.24) is 10.1 Å². The second-order valence-corrected chi connectivity index (χ2v) is 5.85. The highest BCUT2D eigenvalue weighted by Gasteiger charge is 2.17. The van der Waals surface area contributed by atoms with Gasteiger partial charge >= 0.3 is 0 Å². The van der Waals surface area contributed by atoms with Gasteiger partial charge in [0.25, 0.3) is 5.89 Å². The highest BCUT2D eigenvalue weighted by molar-refractivity contribution is 7.89. The third-order valence-electron chi connectivity index (χ3n) is 2.39. The van der Waals surface area contributed by atoms with E-state index in [1.54, 1.807) is 0 Å². The molecule has 1 aromatic carbocycles. The Labute approximate surface area is 120 Å². The molecule has 2 rings (SSSR count). The van der Waals surface area contributed by atoms with Gasteiger partial charge in [-0.05, 0) is 18.2 Å². The monoisotopic (exact) mass is 317 g/mol. The van der Waals surface area contributed by atoms with Crippen LogP contribution in [0.1, 0.15) is 18.6 Å². The molecule has 0 aliphatic heterocycles. The normalized spacial score (nSPS) is 11.6. The van der Waals surface area contributed by atoms with Gasteiger partial charge in [0.05, 0.1) is 0 Å². The van der Waals surface area contributed by atoms with E-state index in [4.69, 9.17) is 26.0 Å². The van der Waals surface area contributed by atoms with Crippen molar-refractivity contribution in [3.63, 3.8) is 0 Å². The van der Waals surface area contributed by atoms with Crippen molar-refractivity contribution < 1.29 is 17.7 Å². The quantitative estimate of drug-likeness (QED) is 0.895. The third-order valence-corrected chi connectivity index (χ3v) is 3.56. The lowest BCUT2D eigenvalue weighted by Crippen LogP contribution is -2.14. The van der Waals surface area contributed by atoms with Gasteiger partial charge in [-0.1, -0.05) is 23.7 Å². The number of aryl methyl sites for hydroxylation is 1. The SMILES string of the molecule is CCc1noc(COc2ccc(Cl)cc2S(N)(=O)=O)n1. The molecular formula is C11H12ClN3O4S. The molecule has 0 unspecified atom stereocenters. The van der Waals surface area contributed by atoms with Crippen molar-refractivity contribution in [2.75, 3.05) is 0 Å². The maximum absolute atomic E-state index is 11.5. The van der Waals surface area contributed by atoms with Crippen LogP contribution in [-0.4, -0.2) is 18.6 Å². The Kier molecular flexibility index (Phi) is 4.26. The van der Waals surface area contributed by atoms with Gasteiger partial charge < -0.3 is 9.26 Å². The zero-order valence-corrected chi connectivity index (χ0v) is 12.1. The maximum atomic E-state index is 11.5. The molecule has 9 heteroatoms. The van der Waals surface area contributed by atoms with Crippen molar-refractivity contribution in [2.24, 2.45) is 5.14 Å². The molecular weight excluding hydrogens is 306 g/mol. The minimum absolute atomic E-state index is 0.0584. The summed E-state index contributed by atoms with van der Waals surface area (Å²) in [6, 6.07) is 4.13. The summed E-state index contributed by atoms with van der Waals surface area (Å²) in [6.07, 6.45) is 0.632. The van der Waals surface area contributed by atoms with E-state index in [0.717, 1.165) is 0 Å². The molecule has 0 atom stereocenters. The van der Waals surface area contributed by atoms with Gasteiger partial charge in [-0.25, -0.2) is 13.6 Å². The molecule has 0 aliphatic rings. The number of aromatic nitrogens is 2. The van der Waals surface area contributed by atoms with Crippen molar-refractivity contribution >= 4 is 21.6 Å². The molecule has 2 N–H and O–H groups in total. The van der Waals surface area contributed by atoms with Crippen LogP contribution in [-0.2, 0) is 23.1 Å². The minimum atomic E-state index is -3.94. The predicted octanol–water partition coefficient (Wildman–Crippen LogP) is 1.51. The van der Waals surface area contributed by atoms with E-state index in [0.29, 0.717) is 12.2 Å². The summed E-state index contributed by atoms with van der Waals surface area (Å²) >= 11 is 5.75. The molecule has 2 aromatic rings. The highest BCUT2D eigenvalue weighted by atomic mass is 35.5. The Hall–Kier alpha value is -1.64. The first-order valence-corrected chi connectivity index (χ1v) is 7.59. The van der Waals surface area contributed by atoms with E-state index in [2.05, 4.69) is 10.1 Å². The standard InChI is InChI=1S/C11H12ClN3O4S/c1-2-10-14-11(19-15-10)6-18-8-4-3-7(12)5-9(8)20(13,16)17/h3-5H,2,6H2,1H3,(H2,13,16,17). The predicted molar refractivity (Wildman–Crippen MR) is 70.8 cm³/mol. The van der Waals surface area contributed by atoms with E-state index in [9.17, 15) is 8.42 Å². The van der Waals surface area contributed by atoms with Crippen LogP contribution >= 0.6 is 11.6 Å². The Morgan fingerprint density at radius 1 is 1.45 bits per heavy atom. The van der Waals surface area contributed by atoms with E-state index in [1.807, 2.05) is 6.92 Å². The minimum Gasteiger partial charge on any atom is -0.482 e. The number of halogens is 1. The number of primary sulfonamides is 1. The van der Waals surface area contributed by atoms with Gasteiger partial charge in [0, 0.05) is 11.4 Å². The van der Waals surface area contributed by atoms with Gasteiger partial charge in [0.15, 0.2) is 12.4 Å². The zero-order chi connectivity index (χ0) is 14.8. The Bertz CT molecular complexity index is 714. The van der Waals surface area contributed by atoms with Gasteiger partial charge in [0.1, 0.15) is 10.6 Å². The van der Waals surface area contributed by atoms with Crippen LogP contribution in [0.2, 0.25) is 5.02 Å². The van der Waals surface area contributed by atoms with Crippen molar-refractivity contribution in [1.29, 1.82) is 0 Å². The van der Waals surface area contributed by atoms with Crippen molar-refractivity contribution in [3.8, 4) is 5.75 Å². The second kappa shape index (κ2) is 5.78. The highest BCUT2D eigenvalue weighted by Crippen LogP contribution is 2.26. The lowest BCUT2D eigenvalue weighted by molar-refractivity contribution is 0.237. The number of hydrogen-bond donors (Lipinski definition) is 1. The summed E-state index contributed by atoms with van der Waals surface area (Å²) in [6.45, 7) is 1.82. The molecule has 0 saturated heterocycles. The number of ether oxygens (including phenoxy) is 1. The molecule has 0 saturated carbocycles. The molecule has 1 aromatic heterocycles. The van der Waals surface area contributed by atoms with Crippen molar-refractivity contribution in [3.05, 3.63) is 34.9 Å². The van der Waals surface area contributed by atoms with Gasteiger partial charge in [-0.2, -0.15) is 4.98 Å². The fraction of sp³-hybridized carbons (Fsp3) is 0.273. The van der Waals surface area contributed by atoms with Crippen molar-refractivity contribution in [2.45, 2.75) is 24.8 Å². The fourth-order valence-corrected chi connectivity index (χ4v) is 2.39. The van der Waals surface area contributed by atoms with Crippen LogP contribution in [0.25, 0.3) is 0 Å². The molecule has 7 nitrogen and oxygen atoms in total. The maximum Gasteiger partial charge on any atom is 0.264 e. The van der Waals surface area contributed by atoms with Crippen LogP contribution in [0.5, 0.6) is 5.75 Å². The van der Waals surface area contributed by atoms with Crippen LogP contribution in [0.3, 0.4) is 0 Å². The van der Waals surface area contributed by atoms with Gasteiger partial charge in [-0.3, -0.25) is 0 Å². The first-order chi connectivity index (χ1) is 9.40. The lowest BCUT2D eigenvalue weighted by atomic mass is 10.3. The zero-order valence-electron chi connectivity index (χ0n) is 10.5. The summed E-state index contributed by atoms with van der Waals surface area (Å²) in [4.78, 5) is 3.85. The fourth-order valence-electron chi connectivity index (χ4n) is 1.46. The largest absolute Gasteiger partial charge is 0.482 e. The number of nitrogens with zero attached hydrogens (tertiary/aromatic N) is 2. The second-order valence-electron chi connectivity index (χ2n) is 3.88. The average Bonchev–Trinajstić information content (AvgIpc) is 2.84. The van der Waals surface area contributed by atoms with Crippen LogP contribution in [0.15, 0.2) is 27.6 Å². The van der Waals surface area contributed by atoms with E-state index < -0.39 is 10.0 Å². The molecule has 20 heavy (non-hydrogen) atoms. The molecule has 108 valence electrons. The Balaban J connectivity index is 2.21. The summed E-state index contributed by atoms with van der Waals surface area (Å²) in [5, 5.41) is 9.05. The first kappa shape index (κ1) is 14.8. The topological polar surface area (TPSA) is 108 Å². The summed E-state index contributed by atoms with van der Waals surface area (Å²) in [7, 11) is -3.94. The average molecular weight is 318 g/mol. The Morgan fingerprint density at radius 2 is 2.20 bits per heavy atom. The number of nitrogens with two attached hydrogens (primary N) is 1. The lowest BCUT2D eigenvalue weighted by Gasteiger charge is -2.08. The number of sulfonamides is 1. The third kappa shape index (κ3) is 3.47. The van der Waals surface area contributed by atoms with Crippen LogP contribution in [0, 0.1) is 0 Å². The Morgan fingerprint density at radius 3 is 2.80 bits per heavy atom. The number of hydrogen-bond acceptors (Lipinski definition) is 6. The van der Waals surface area contributed by atoms with Gasteiger partial charge in [0.2, 0.25) is 10.0 Å². The molecule has 0 spiro atoms. The molecule has 0 amide bonds. The molecule has 1 heterocycles. The molecule has 0 radical (unpaired) electrons. The van der Waals surface area contributed by atoms with Gasteiger partial charge in [-0.15, -0.1) is 0 Å². The van der Waals surface area contributed by atoms with Crippen LogP contribution < -0.4 is 9.88 Å². The summed E-state index contributed by atoms with van der Waals surface area (Å²) < 4.78 is 33.2. The summed E-state index contributed by atoms with van der Waals surface area (Å²) in [5.41, 5.74) is 0. The molecule has 0 aliphatic carbocycles.